The predicted molar refractivity (Wildman–Crippen MR) is 122 cm³/mol. The third kappa shape index (κ3) is 5.14. The summed E-state index contributed by atoms with van der Waals surface area (Å²) in [5.41, 5.74) is -0.0405. The quantitative estimate of drug-likeness (QED) is 0.326. The maximum atomic E-state index is 13.4. The number of hydrogen-bond acceptors (Lipinski definition) is 6. The molecular weight excluding hydrogens is 465 g/mol. The fourth-order valence-electron chi connectivity index (χ4n) is 3.49. The molecule has 0 aliphatic rings. The summed E-state index contributed by atoms with van der Waals surface area (Å²) < 4.78 is 57.6. The average molecular weight is 488 g/mol. The van der Waals surface area contributed by atoms with Crippen LogP contribution in [-0.4, -0.2) is 41.0 Å². The molecular formula is C24H23F3N4O4. The van der Waals surface area contributed by atoms with Crippen LogP contribution in [0.5, 0.6) is 5.75 Å². The topological polar surface area (TPSA) is 91.4 Å². The third-order valence-corrected chi connectivity index (χ3v) is 5.17. The van der Waals surface area contributed by atoms with Gasteiger partial charge in [-0.05, 0) is 50.2 Å². The van der Waals surface area contributed by atoms with Crippen molar-refractivity contribution in [2.75, 3.05) is 25.6 Å². The van der Waals surface area contributed by atoms with E-state index < -0.39 is 17.6 Å². The summed E-state index contributed by atoms with van der Waals surface area (Å²) in [7, 11) is 1.47. The molecule has 0 bridgehead atoms. The highest BCUT2D eigenvalue weighted by molar-refractivity contribution is 6.13. The zero-order valence-corrected chi connectivity index (χ0v) is 19.2. The van der Waals surface area contributed by atoms with E-state index in [1.165, 1.54) is 31.7 Å². The van der Waals surface area contributed by atoms with Crippen molar-refractivity contribution in [3.63, 3.8) is 0 Å². The summed E-state index contributed by atoms with van der Waals surface area (Å²) in [5.74, 6) is -0.137. The van der Waals surface area contributed by atoms with Gasteiger partial charge in [-0.2, -0.15) is 18.3 Å². The van der Waals surface area contributed by atoms with Crippen LogP contribution in [0, 0.1) is 0 Å². The van der Waals surface area contributed by atoms with Gasteiger partial charge in [-0.3, -0.25) is 4.79 Å². The number of furan rings is 1. The van der Waals surface area contributed by atoms with Crippen LogP contribution in [0.3, 0.4) is 0 Å². The van der Waals surface area contributed by atoms with Crippen molar-refractivity contribution in [2.24, 2.45) is 0 Å². The summed E-state index contributed by atoms with van der Waals surface area (Å²) in [6.07, 6.45) is -1.61. The van der Waals surface area contributed by atoms with Gasteiger partial charge < -0.3 is 19.2 Å². The minimum atomic E-state index is -4.60. The van der Waals surface area contributed by atoms with Crippen LogP contribution in [0.4, 0.5) is 18.9 Å². The molecule has 0 fully saturated rings. The van der Waals surface area contributed by atoms with Crippen molar-refractivity contribution in [1.29, 1.82) is 0 Å². The maximum Gasteiger partial charge on any atom is 0.416 e. The van der Waals surface area contributed by atoms with Gasteiger partial charge in [-0.15, -0.1) is 0 Å². The zero-order chi connectivity index (χ0) is 25.2. The molecule has 0 atom stereocenters. The number of aromatic nitrogens is 3. The Morgan fingerprint density at radius 3 is 2.66 bits per heavy atom. The summed E-state index contributed by atoms with van der Waals surface area (Å²) in [6, 6.07) is 7.75. The van der Waals surface area contributed by atoms with Gasteiger partial charge in [-0.25, -0.2) is 9.67 Å². The first kappa shape index (κ1) is 24.3. The molecule has 35 heavy (non-hydrogen) atoms. The molecule has 0 saturated heterocycles. The second-order valence-corrected chi connectivity index (χ2v) is 7.96. The maximum absolute atomic E-state index is 13.4. The normalized spacial score (nSPS) is 11.9. The number of halogens is 3. The molecule has 11 heteroatoms. The van der Waals surface area contributed by atoms with Crippen molar-refractivity contribution in [2.45, 2.75) is 26.1 Å². The minimum Gasteiger partial charge on any atom is -0.489 e. The highest BCUT2D eigenvalue weighted by atomic mass is 19.4. The number of pyridine rings is 1. The highest BCUT2D eigenvalue weighted by Gasteiger charge is 2.31. The van der Waals surface area contributed by atoms with Crippen LogP contribution >= 0.6 is 0 Å². The van der Waals surface area contributed by atoms with Crippen LogP contribution in [0.2, 0.25) is 0 Å². The fourth-order valence-corrected chi connectivity index (χ4v) is 3.49. The number of nitrogens with one attached hydrogen (secondary N) is 1. The standard InChI is InChI=1S/C24H23F3N4O4/c1-14(2)31-22-17(13-28-31)16(12-19(29-22)20-5-4-8-34-20)23(32)30-18-11-15(24(25,26)27)6-7-21(18)35-10-9-33-3/h4-8,11-14H,9-10H2,1-3H3,(H,30,32). The SMILES string of the molecule is COCCOc1ccc(C(F)(F)F)cc1NC(=O)c1cc(-c2ccco2)nc2c1cnn2C(C)C. The van der Waals surface area contributed by atoms with Crippen molar-refractivity contribution >= 4 is 22.6 Å². The van der Waals surface area contributed by atoms with Gasteiger partial charge in [0.25, 0.3) is 5.91 Å². The second kappa shape index (κ2) is 9.79. The predicted octanol–water partition coefficient (Wildman–Crippen LogP) is 5.57. The van der Waals surface area contributed by atoms with Crippen LogP contribution < -0.4 is 10.1 Å². The number of carbonyl (C=O) groups is 1. The fraction of sp³-hybridized carbons (Fsp3) is 0.292. The molecule has 1 N–H and O–H groups in total. The molecule has 0 spiro atoms. The Morgan fingerprint density at radius 1 is 1.20 bits per heavy atom. The molecule has 3 aromatic heterocycles. The number of benzene rings is 1. The summed E-state index contributed by atoms with van der Waals surface area (Å²) in [4.78, 5) is 18.0. The van der Waals surface area contributed by atoms with Crippen molar-refractivity contribution in [3.8, 4) is 17.2 Å². The van der Waals surface area contributed by atoms with Gasteiger partial charge in [0.15, 0.2) is 11.4 Å². The van der Waals surface area contributed by atoms with E-state index in [2.05, 4.69) is 15.4 Å². The average Bonchev–Trinajstić information content (AvgIpc) is 3.49. The number of rotatable bonds is 8. The molecule has 0 unspecified atom stereocenters. The van der Waals surface area contributed by atoms with E-state index in [1.807, 2.05) is 13.8 Å². The first-order chi connectivity index (χ1) is 16.7. The molecule has 4 rings (SSSR count). The lowest BCUT2D eigenvalue weighted by Gasteiger charge is -2.16. The summed E-state index contributed by atoms with van der Waals surface area (Å²) in [6.45, 7) is 4.15. The van der Waals surface area contributed by atoms with Crippen LogP contribution in [0.1, 0.15) is 35.8 Å². The van der Waals surface area contributed by atoms with Crippen LogP contribution in [-0.2, 0) is 10.9 Å². The number of alkyl halides is 3. The minimum absolute atomic E-state index is 0.0491. The van der Waals surface area contributed by atoms with E-state index in [-0.39, 0.29) is 36.3 Å². The van der Waals surface area contributed by atoms with Gasteiger partial charge in [0.1, 0.15) is 18.1 Å². The van der Waals surface area contributed by atoms with E-state index >= 15 is 0 Å². The van der Waals surface area contributed by atoms with Gasteiger partial charge in [-0.1, -0.05) is 0 Å². The smallest absolute Gasteiger partial charge is 0.416 e. The van der Waals surface area contributed by atoms with Crippen LogP contribution in [0.15, 0.2) is 53.3 Å². The lowest BCUT2D eigenvalue weighted by molar-refractivity contribution is -0.137. The Bertz CT molecular complexity index is 1330. The number of fused-ring (bicyclic) bond motifs is 1. The lowest BCUT2D eigenvalue weighted by Crippen LogP contribution is -2.16. The van der Waals surface area contributed by atoms with E-state index in [0.29, 0.717) is 22.5 Å². The molecule has 3 heterocycles. The second-order valence-electron chi connectivity index (χ2n) is 7.96. The summed E-state index contributed by atoms with van der Waals surface area (Å²) >= 11 is 0. The summed E-state index contributed by atoms with van der Waals surface area (Å²) in [5, 5.41) is 7.35. The molecule has 1 aromatic carbocycles. The monoisotopic (exact) mass is 488 g/mol. The van der Waals surface area contributed by atoms with Crippen molar-refractivity contribution in [1.82, 2.24) is 14.8 Å². The third-order valence-electron chi connectivity index (χ3n) is 5.17. The molecule has 0 saturated carbocycles. The van der Waals surface area contributed by atoms with E-state index in [9.17, 15) is 18.0 Å². The Hall–Kier alpha value is -3.86. The van der Waals surface area contributed by atoms with E-state index in [0.717, 1.165) is 12.1 Å². The number of hydrogen-bond donors (Lipinski definition) is 1. The lowest BCUT2D eigenvalue weighted by atomic mass is 10.1. The molecule has 184 valence electrons. The number of ether oxygens (including phenoxy) is 2. The molecule has 0 radical (unpaired) electrons. The van der Waals surface area contributed by atoms with E-state index in [4.69, 9.17) is 13.9 Å². The Morgan fingerprint density at radius 2 is 2.00 bits per heavy atom. The first-order valence-corrected chi connectivity index (χ1v) is 10.8. The molecule has 0 aliphatic carbocycles. The van der Waals surface area contributed by atoms with Gasteiger partial charge in [0.05, 0.1) is 41.3 Å². The molecule has 1 amide bonds. The molecule has 4 aromatic rings. The number of methoxy groups -OCH3 is 1. The van der Waals surface area contributed by atoms with Crippen LogP contribution in [0.25, 0.3) is 22.5 Å². The van der Waals surface area contributed by atoms with Gasteiger partial charge in [0, 0.05) is 13.2 Å². The number of anilines is 1. The molecule has 8 nitrogen and oxygen atoms in total. The Balaban J connectivity index is 1.78. The Labute approximate surface area is 198 Å². The largest absolute Gasteiger partial charge is 0.489 e. The number of amides is 1. The Kier molecular flexibility index (Phi) is 6.79. The number of carbonyl (C=O) groups excluding carboxylic acids is 1. The van der Waals surface area contributed by atoms with E-state index in [1.54, 1.807) is 16.8 Å². The first-order valence-electron chi connectivity index (χ1n) is 10.8. The van der Waals surface area contributed by atoms with Gasteiger partial charge >= 0.3 is 6.18 Å². The van der Waals surface area contributed by atoms with Crippen molar-refractivity contribution < 1.29 is 31.9 Å². The highest BCUT2D eigenvalue weighted by Crippen LogP contribution is 2.36. The zero-order valence-electron chi connectivity index (χ0n) is 19.2. The van der Waals surface area contributed by atoms with Gasteiger partial charge in [0.2, 0.25) is 0 Å². The number of nitrogens with zero attached hydrogens (tertiary/aromatic N) is 3. The molecule has 0 aliphatic heterocycles. The van der Waals surface area contributed by atoms with Crippen molar-refractivity contribution in [3.05, 3.63) is 60.0 Å².